The first kappa shape index (κ1) is 9.12. The zero-order chi connectivity index (χ0) is 9.14. The van der Waals surface area contributed by atoms with Gasteiger partial charge in [-0.2, -0.15) is 10.2 Å². The molecule has 0 spiro atoms. The average Bonchev–Trinajstić information content (AvgIpc) is 1.96. The summed E-state index contributed by atoms with van der Waals surface area (Å²) in [6, 6.07) is 2.87. The number of hydrogen-bond acceptors (Lipinski definition) is 3. The van der Waals surface area contributed by atoms with Gasteiger partial charge < -0.3 is 5.73 Å². The molecular formula is C7H7BrFN3. The van der Waals surface area contributed by atoms with Gasteiger partial charge in [-0.05, 0) is 12.1 Å². The monoisotopic (exact) mass is 231 g/mol. The van der Waals surface area contributed by atoms with Crippen LogP contribution in [0.2, 0.25) is 0 Å². The van der Waals surface area contributed by atoms with E-state index < -0.39 is 5.82 Å². The summed E-state index contributed by atoms with van der Waals surface area (Å²) in [7, 11) is 1.46. The van der Waals surface area contributed by atoms with E-state index in [-0.39, 0.29) is 11.4 Å². The van der Waals surface area contributed by atoms with E-state index in [4.69, 9.17) is 5.73 Å². The maximum absolute atomic E-state index is 13.0. The Morgan fingerprint density at radius 2 is 2.17 bits per heavy atom. The minimum absolute atomic E-state index is 0.0840. The summed E-state index contributed by atoms with van der Waals surface area (Å²) in [6.45, 7) is 0. The highest BCUT2D eigenvalue weighted by Gasteiger charge is 2.06. The van der Waals surface area contributed by atoms with Gasteiger partial charge in [-0.25, -0.2) is 4.39 Å². The van der Waals surface area contributed by atoms with E-state index in [0.717, 1.165) is 0 Å². The van der Waals surface area contributed by atoms with Crippen molar-refractivity contribution in [2.45, 2.75) is 0 Å². The molecule has 0 heterocycles. The van der Waals surface area contributed by atoms with Crippen LogP contribution in [0.3, 0.4) is 0 Å². The molecule has 0 saturated carbocycles. The van der Waals surface area contributed by atoms with Crippen LogP contribution in [-0.2, 0) is 0 Å². The molecule has 0 radical (unpaired) electrons. The van der Waals surface area contributed by atoms with Crippen molar-refractivity contribution in [3.05, 3.63) is 22.4 Å². The second-order valence-corrected chi connectivity index (χ2v) is 3.04. The van der Waals surface area contributed by atoms with E-state index in [2.05, 4.69) is 26.2 Å². The van der Waals surface area contributed by atoms with Crippen molar-refractivity contribution in [2.75, 3.05) is 12.8 Å². The maximum Gasteiger partial charge on any atom is 0.153 e. The molecule has 0 atom stereocenters. The molecular weight excluding hydrogens is 225 g/mol. The third kappa shape index (κ3) is 1.79. The van der Waals surface area contributed by atoms with Crippen LogP contribution >= 0.6 is 15.9 Å². The molecule has 0 aliphatic heterocycles. The molecule has 0 saturated heterocycles. The molecule has 12 heavy (non-hydrogen) atoms. The smallest absolute Gasteiger partial charge is 0.153 e. The lowest BCUT2D eigenvalue weighted by Gasteiger charge is -2.00. The predicted molar refractivity (Wildman–Crippen MR) is 49.0 cm³/mol. The van der Waals surface area contributed by atoms with Gasteiger partial charge in [-0.15, -0.1) is 0 Å². The number of azo groups is 1. The number of nitrogen functional groups attached to an aromatic ring is 1. The maximum atomic E-state index is 13.0. The van der Waals surface area contributed by atoms with E-state index in [9.17, 15) is 4.39 Å². The number of hydrogen-bond donors (Lipinski definition) is 1. The van der Waals surface area contributed by atoms with Crippen molar-refractivity contribution in [2.24, 2.45) is 10.2 Å². The van der Waals surface area contributed by atoms with Crippen LogP contribution in [-0.4, -0.2) is 7.05 Å². The molecule has 0 aromatic heterocycles. The van der Waals surface area contributed by atoms with E-state index in [1.54, 1.807) is 6.07 Å². The lowest BCUT2D eigenvalue weighted by atomic mass is 10.3. The molecule has 5 heteroatoms. The quantitative estimate of drug-likeness (QED) is 0.587. The summed E-state index contributed by atoms with van der Waals surface area (Å²) in [6.07, 6.45) is 0. The summed E-state index contributed by atoms with van der Waals surface area (Å²) in [4.78, 5) is 0. The lowest BCUT2D eigenvalue weighted by Crippen LogP contribution is -1.88. The molecule has 64 valence electrons. The second kappa shape index (κ2) is 3.62. The highest BCUT2D eigenvalue weighted by molar-refractivity contribution is 9.10. The van der Waals surface area contributed by atoms with Crippen LogP contribution < -0.4 is 5.73 Å². The molecule has 0 amide bonds. The number of anilines is 1. The van der Waals surface area contributed by atoms with E-state index >= 15 is 0 Å². The second-order valence-electron chi connectivity index (χ2n) is 2.13. The van der Waals surface area contributed by atoms with Crippen LogP contribution in [0.4, 0.5) is 15.8 Å². The van der Waals surface area contributed by atoms with Crippen LogP contribution in [0, 0.1) is 5.82 Å². The van der Waals surface area contributed by atoms with Gasteiger partial charge in [0, 0.05) is 11.5 Å². The van der Waals surface area contributed by atoms with Crippen molar-refractivity contribution in [1.29, 1.82) is 0 Å². The molecule has 2 N–H and O–H groups in total. The molecule has 0 bridgehead atoms. The Hall–Kier alpha value is -0.970. The number of halogens is 2. The Bertz CT molecular complexity index is 301. The number of nitrogens with zero attached hydrogens (tertiary/aromatic N) is 2. The topological polar surface area (TPSA) is 50.7 Å². The highest BCUT2D eigenvalue weighted by Crippen LogP contribution is 2.29. The van der Waals surface area contributed by atoms with Gasteiger partial charge in [0.2, 0.25) is 0 Å². The predicted octanol–water partition coefficient (Wildman–Crippen LogP) is 2.88. The number of rotatable bonds is 1. The van der Waals surface area contributed by atoms with Crippen LogP contribution in [0.15, 0.2) is 26.8 Å². The molecule has 0 aliphatic rings. The average molecular weight is 232 g/mol. The normalized spacial score (nSPS) is 10.9. The van der Waals surface area contributed by atoms with Gasteiger partial charge in [0.25, 0.3) is 0 Å². The molecule has 1 aromatic rings. The highest BCUT2D eigenvalue weighted by atomic mass is 79.9. The molecule has 0 aliphatic carbocycles. The number of nitrogens with two attached hydrogens (primary N) is 1. The van der Waals surface area contributed by atoms with Gasteiger partial charge in [0.15, 0.2) is 5.82 Å². The Labute approximate surface area is 77.6 Å². The third-order valence-corrected chi connectivity index (χ3v) is 1.72. The zero-order valence-corrected chi connectivity index (χ0v) is 7.97. The lowest BCUT2D eigenvalue weighted by molar-refractivity contribution is 0.628. The van der Waals surface area contributed by atoms with E-state index in [1.165, 1.54) is 13.1 Å². The first-order valence-corrected chi connectivity index (χ1v) is 3.99. The van der Waals surface area contributed by atoms with Crippen LogP contribution in [0.1, 0.15) is 0 Å². The fourth-order valence-corrected chi connectivity index (χ4v) is 1.24. The summed E-state index contributed by atoms with van der Waals surface area (Å²) >= 11 is 3.11. The van der Waals surface area contributed by atoms with Gasteiger partial charge in [-0.3, -0.25) is 0 Å². The first-order valence-electron chi connectivity index (χ1n) is 3.19. The first-order chi connectivity index (χ1) is 5.65. The summed E-state index contributed by atoms with van der Waals surface area (Å²) in [5.74, 6) is -0.479. The number of benzene rings is 1. The van der Waals surface area contributed by atoms with Crippen molar-refractivity contribution in [3.8, 4) is 0 Å². The van der Waals surface area contributed by atoms with E-state index in [1.807, 2.05) is 0 Å². The van der Waals surface area contributed by atoms with Crippen molar-refractivity contribution >= 4 is 27.3 Å². The van der Waals surface area contributed by atoms with Gasteiger partial charge in [0.05, 0.1) is 5.69 Å². The SMILES string of the molecule is CN=Nc1c(N)cc(Br)cc1F. The van der Waals surface area contributed by atoms with Gasteiger partial charge in [-0.1, -0.05) is 15.9 Å². The van der Waals surface area contributed by atoms with Crippen LogP contribution in [0.5, 0.6) is 0 Å². The molecule has 1 rings (SSSR count). The van der Waals surface area contributed by atoms with Gasteiger partial charge >= 0.3 is 0 Å². The molecule has 0 fully saturated rings. The zero-order valence-electron chi connectivity index (χ0n) is 6.38. The van der Waals surface area contributed by atoms with Crippen molar-refractivity contribution in [1.82, 2.24) is 0 Å². The summed E-state index contributed by atoms with van der Waals surface area (Å²) in [5, 5.41) is 7.00. The fraction of sp³-hybridized carbons (Fsp3) is 0.143. The standard InChI is InChI=1S/C7H7BrFN3/c1-11-12-7-5(9)2-4(8)3-6(7)10/h2-3H,10H2,1H3. The molecule has 1 aromatic carbocycles. The Morgan fingerprint density at radius 3 is 2.67 bits per heavy atom. The minimum Gasteiger partial charge on any atom is -0.397 e. The van der Waals surface area contributed by atoms with Gasteiger partial charge in [0.1, 0.15) is 5.69 Å². The third-order valence-electron chi connectivity index (χ3n) is 1.26. The fourth-order valence-electron chi connectivity index (χ4n) is 0.791. The Balaban J connectivity index is 3.28. The van der Waals surface area contributed by atoms with Crippen LogP contribution in [0.25, 0.3) is 0 Å². The Kier molecular flexibility index (Phi) is 2.75. The largest absolute Gasteiger partial charge is 0.397 e. The van der Waals surface area contributed by atoms with E-state index in [0.29, 0.717) is 4.47 Å². The minimum atomic E-state index is -0.479. The molecule has 3 nitrogen and oxygen atoms in total. The summed E-state index contributed by atoms with van der Waals surface area (Å²) < 4.78 is 13.6. The Morgan fingerprint density at radius 1 is 1.50 bits per heavy atom. The summed E-state index contributed by atoms with van der Waals surface area (Å²) in [5.41, 5.74) is 5.84. The van der Waals surface area contributed by atoms with Crippen molar-refractivity contribution in [3.63, 3.8) is 0 Å². The molecule has 0 unspecified atom stereocenters. The van der Waals surface area contributed by atoms with Crippen molar-refractivity contribution < 1.29 is 4.39 Å².